The van der Waals surface area contributed by atoms with Crippen molar-refractivity contribution in [2.24, 2.45) is 0 Å². The van der Waals surface area contributed by atoms with E-state index in [4.69, 9.17) is 9.47 Å². The van der Waals surface area contributed by atoms with E-state index in [2.05, 4.69) is 5.32 Å². The quantitative estimate of drug-likeness (QED) is 0.731. The van der Waals surface area contributed by atoms with E-state index in [9.17, 15) is 4.79 Å². The lowest BCUT2D eigenvalue weighted by Crippen LogP contribution is -2.53. The average molecular weight is 201 g/mol. The van der Waals surface area contributed by atoms with Crippen molar-refractivity contribution in [1.82, 2.24) is 5.32 Å². The fourth-order valence-corrected chi connectivity index (χ4v) is 1.49. The molecular weight excluding hydrogens is 182 g/mol. The minimum Gasteiger partial charge on any atom is -0.376 e. The molecule has 0 radical (unpaired) electrons. The predicted octanol–water partition coefficient (Wildman–Crippen LogP) is 0.705. The summed E-state index contributed by atoms with van der Waals surface area (Å²) in [6.07, 6.45) is 0.520. The van der Waals surface area contributed by atoms with Crippen LogP contribution < -0.4 is 5.32 Å². The smallest absolute Gasteiger partial charge is 0.249 e. The highest BCUT2D eigenvalue weighted by molar-refractivity contribution is 5.81. The Morgan fingerprint density at radius 3 is 2.79 bits per heavy atom. The standard InChI is InChI=1S/C10H19NO3/c1-7(13-4)9(12)11-10(3)5-6-14-8(10)2/h7-8H,5-6H2,1-4H3,(H,11,12). The first-order valence-electron chi connectivity index (χ1n) is 4.96. The zero-order valence-corrected chi connectivity index (χ0v) is 9.29. The van der Waals surface area contributed by atoms with Gasteiger partial charge in [-0.2, -0.15) is 0 Å². The monoisotopic (exact) mass is 201 g/mol. The van der Waals surface area contributed by atoms with Crippen LogP contribution in [0.2, 0.25) is 0 Å². The molecule has 1 rings (SSSR count). The lowest BCUT2D eigenvalue weighted by molar-refractivity contribution is -0.132. The molecule has 82 valence electrons. The van der Waals surface area contributed by atoms with Gasteiger partial charge in [-0.05, 0) is 27.2 Å². The number of amides is 1. The highest BCUT2D eigenvalue weighted by Crippen LogP contribution is 2.25. The Balaban J connectivity index is 2.54. The fraction of sp³-hybridized carbons (Fsp3) is 0.900. The summed E-state index contributed by atoms with van der Waals surface area (Å²) >= 11 is 0. The summed E-state index contributed by atoms with van der Waals surface area (Å²) in [5.74, 6) is -0.0765. The molecule has 1 aliphatic rings. The lowest BCUT2D eigenvalue weighted by Gasteiger charge is -2.29. The maximum absolute atomic E-state index is 11.6. The van der Waals surface area contributed by atoms with Crippen LogP contribution in [0.5, 0.6) is 0 Å². The van der Waals surface area contributed by atoms with Gasteiger partial charge in [0.15, 0.2) is 0 Å². The van der Waals surface area contributed by atoms with Crippen molar-refractivity contribution in [3.05, 3.63) is 0 Å². The molecule has 1 aliphatic heterocycles. The van der Waals surface area contributed by atoms with Gasteiger partial charge >= 0.3 is 0 Å². The van der Waals surface area contributed by atoms with E-state index in [1.165, 1.54) is 7.11 Å². The van der Waals surface area contributed by atoms with Crippen molar-refractivity contribution in [2.45, 2.75) is 44.9 Å². The zero-order valence-electron chi connectivity index (χ0n) is 9.29. The molecule has 1 saturated heterocycles. The molecule has 1 fully saturated rings. The van der Waals surface area contributed by atoms with E-state index in [0.717, 1.165) is 6.42 Å². The Labute approximate surface area is 85.0 Å². The Kier molecular flexibility index (Phi) is 3.50. The van der Waals surface area contributed by atoms with E-state index in [-0.39, 0.29) is 17.6 Å². The molecular formula is C10H19NO3. The normalized spacial score (nSPS) is 34.1. The van der Waals surface area contributed by atoms with Crippen LogP contribution in [0.1, 0.15) is 27.2 Å². The molecule has 0 aromatic heterocycles. The molecule has 0 aliphatic carbocycles. The highest BCUT2D eigenvalue weighted by atomic mass is 16.5. The summed E-state index contributed by atoms with van der Waals surface area (Å²) in [4.78, 5) is 11.6. The molecule has 4 nitrogen and oxygen atoms in total. The van der Waals surface area contributed by atoms with E-state index in [1.54, 1.807) is 6.92 Å². The van der Waals surface area contributed by atoms with Crippen LogP contribution in [0.4, 0.5) is 0 Å². The molecule has 0 aromatic rings. The zero-order chi connectivity index (χ0) is 10.8. The van der Waals surface area contributed by atoms with Crippen LogP contribution in [-0.2, 0) is 14.3 Å². The van der Waals surface area contributed by atoms with Gasteiger partial charge in [0, 0.05) is 13.7 Å². The van der Waals surface area contributed by atoms with Gasteiger partial charge in [0.25, 0.3) is 0 Å². The predicted molar refractivity (Wildman–Crippen MR) is 53.0 cm³/mol. The van der Waals surface area contributed by atoms with Crippen molar-refractivity contribution in [1.29, 1.82) is 0 Å². The van der Waals surface area contributed by atoms with Crippen molar-refractivity contribution in [2.75, 3.05) is 13.7 Å². The summed E-state index contributed by atoms with van der Waals surface area (Å²) in [5.41, 5.74) is -0.246. The van der Waals surface area contributed by atoms with Gasteiger partial charge in [-0.1, -0.05) is 0 Å². The van der Waals surface area contributed by atoms with Crippen LogP contribution in [-0.4, -0.2) is 37.4 Å². The summed E-state index contributed by atoms with van der Waals surface area (Å²) in [7, 11) is 1.53. The maximum atomic E-state index is 11.6. The molecule has 0 aromatic carbocycles. The highest BCUT2D eigenvalue weighted by Gasteiger charge is 2.38. The third-order valence-electron chi connectivity index (χ3n) is 3.02. The number of hydrogen-bond acceptors (Lipinski definition) is 3. The molecule has 0 bridgehead atoms. The topological polar surface area (TPSA) is 47.6 Å². The minimum absolute atomic E-state index is 0.0653. The second-order valence-corrected chi connectivity index (χ2v) is 4.05. The van der Waals surface area contributed by atoms with Crippen LogP contribution in [0, 0.1) is 0 Å². The number of carbonyl (C=O) groups excluding carboxylic acids is 1. The van der Waals surface area contributed by atoms with Gasteiger partial charge in [-0.15, -0.1) is 0 Å². The van der Waals surface area contributed by atoms with Crippen molar-refractivity contribution in [3.8, 4) is 0 Å². The molecule has 4 heteroatoms. The molecule has 3 unspecified atom stereocenters. The molecule has 3 atom stereocenters. The van der Waals surface area contributed by atoms with E-state index >= 15 is 0 Å². The second-order valence-electron chi connectivity index (χ2n) is 4.05. The van der Waals surface area contributed by atoms with Crippen LogP contribution in [0.15, 0.2) is 0 Å². The number of methoxy groups -OCH3 is 1. The Hall–Kier alpha value is -0.610. The first kappa shape index (κ1) is 11.5. The third-order valence-corrected chi connectivity index (χ3v) is 3.02. The molecule has 1 amide bonds. The van der Waals surface area contributed by atoms with Crippen LogP contribution >= 0.6 is 0 Å². The van der Waals surface area contributed by atoms with Gasteiger partial charge in [-0.3, -0.25) is 4.79 Å². The summed E-state index contributed by atoms with van der Waals surface area (Å²) in [6, 6.07) is 0. The Bertz CT molecular complexity index is 219. The molecule has 0 spiro atoms. The van der Waals surface area contributed by atoms with E-state index in [0.29, 0.717) is 6.61 Å². The summed E-state index contributed by atoms with van der Waals surface area (Å²) < 4.78 is 10.4. The number of nitrogens with one attached hydrogen (secondary N) is 1. The molecule has 1 heterocycles. The van der Waals surface area contributed by atoms with Crippen molar-refractivity contribution < 1.29 is 14.3 Å². The molecule has 14 heavy (non-hydrogen) atoms. The van der Waals surface area contributed by atoms with Crippen molar-refractivity contribution in [3.63, 3.8) is 0 Å². The van der Waals surface area contributed by atoms with Crippen molar-refractivity contribution >= 4 is 5.91 Å². The molecule has 0 saturated carbocycles. The Morgan fingerprint density at radius 1 is 1.71 bits per heavy atom. The minimum atomic E-state index is -0.403. The number of rotatable bonds is 3. The number of carbonyl (C=O) groups is 1. The maximum Gasteiger partial charge on any atom is 0.249 e. The van der Waals surface area contributed by atoms with Gasteiger partial charge in [0.2, 0.25) is 5.91 Å². The average Bonchev–Trinajstić information content (AvgIpc) is 2.45. The first-order chi connectivity index (χ1) is 6.49. The molecule has 1 N–H and O–H groups in total. The van der Waals surface area contributed by atoms with Gasteiger partial charge in [0.1, 0.15) is 6.10 Å². The second kappa shape index (κ2) is 4.28. The van der Waals surface area contributed by atoms with Gasteiger partial charge in [-0.25, -0.2) is 0 Å². The summed E-state index contributed by atoms with van der Waals surface area (Å²) in [5, 5.41) is 2.97. The first-order valence-corrected chi connectivity index (χ1v) is 4.96. The van der Waals surface area contributed by atoms with E-state index in [1.807, 2.05) is 13.8 Å². The lowest BCUT2D eigenvalue weighted by atomic mass is 9.94. The van der Waals surface area contributed by atoms with Crippen LogP contribution in [0.25, 0.3) is 0 Å². The largest absolute Gasteiger partial charge is 0.376 e. The van der Waals surface area contributed by atoms with E-state index < -0.39 is 6.10 Å². The Morgan fingerprint density at radius 2 is 2.36 bits per heavy atom. The fourth-order valence-electron chi connectivity index (χ4n) is 1.49. The number of ether oxygens (including phenoxy) is 2. The van der Waals surface area contributed by atoms with Crippen LogP contribution in [0.3, 0.4) is 0 Å². The van der Waals surface area contributed by atoms with Gasteiger partial charge in [0.05, 0.1) is 11.6 Å². The summed E-state index contributed by atoms with van der Waals surface area (Å²) in [6.45, 7) is 6.42. The third kappa shape index (κ3) is 2.25. The number of hydrogen-bond donors (Lipinski definition) is 1. The van der Waals surface area contributed by atoms with Gasteiger partial charge < -0.3 is 14.8 Å². The SMILES string of the molecule is COC(C)C(=O)NC1(C)CCOC1C.